The second kappa shape index (κ2) is 13.5. The number of rotatable bonds is 8. The molecule has 0 saturated carbocycles. The molecule has 4 amide bonds. The number of aryl methyl sites for hydroxylation is 1. The second-order valence-electron chi connectivity index (χ2n) is 12.9. The van der Waals surface area contributed by atoms with Gasteiger partial charge in [-0.05, 0) is 46.9 Å². The maximum atomic E-state index is 14.4. The van der Waals surface area contributed by atoms with Gasteiger partial charge < -0.3 is 20.2 Å². The molecule has 3 heterocycles. The smallest absolute Gasteiger partial charge is 0.334 e. The number of phenolic OH excluding ortho intramolecular Hbond substituents is 1. The van der Waals surface area contributed by atoms with Gasteiger partial charge >= 0.3 is 6.03 Å². The predicted octanol–water partition coefficient (Wildman–Crippen LogP) is 5.26. The van der Waals surface area contributed by atoms with Crippen LogP contribution in [0.25, 0.3) is 0 Å². The van der Waals surface area contributed by atoms with Gasteiger partial charge in [0.1, 0.15) is 24.0 Å². The van der Waals surface area contributed by atoms with Gasteiger partial charge in [-0.15, -0.1) is 0 Å². The number of hydrazine groups is 1. The van der Waals surface area contributed by atoms with Gasteiger partial charge in [-0.2, -0.15) is 10.2 Å². The van der Waals surface area contributed by atoms with Crippen LogP contribution < -0.4 is 5.32 Å². The van der Waals surface area contributed by atoms with Gasteiger partial charge in [0.2, 0.25) is 11.8 Å². The predicted molar refractivity (Wildman–Crippen MR) is 183 cm³/mol. The van der Waals surface area contributed by atoms with Crippen molar-refractivity contribution in [3.05, 3.63) is 130 Å². The van der Waals surface area contributed by atoms with Crippen molar-refractivity contribution in [2.24, 2.45) is 10.2 Å². The molecule has 250 valence electrons. The quantitative estimate of drug-likeness (QED) is 0.268. The highest BCUT2D eigenvalue weighted by Gasteiger charge is 2.50. The molecule has 3 atom stereocenters. The molecule has 7 rings (SSSR count). The van der Waals surface area contributed by atoms with Crippen molar-refractivity contribution >= 4 is 23.5 Å². The number of piperazine rings is 1. The van der Waals surface area contributed by atoms with Crippen LogP contribution in [0.15, 0.2) is 107 Å². The number of benzene rings is 4. The van der Waals surface area contributed by atoms with Crippen LogP contribution in [0.2, 0.25) is 0 Å². The van der Waals surface area contributed by atoms with Crippen LogP contribution in [0, 0.1) is 6.92 Å². The number of amides is 4. The number of aromatic hydroxyl groups is 1. The molecule has 2 N–H and O–H groups in total. The number of phenols is 1. The summed E-state index contributed by atoms with van der Waals surface area (Å²) in [7, 11) is 1.71. The molecule has 4 aromatic rings. The monoisotopic (exact) mass is 657 g/mol. The standard InChI is InChI=1S/C38H39N7O4/c1-25-9-6-7-12-28(25)20-32-31-14-8-13-29(36(31)41-40-32)22-43-23-34-44(33(37(43)48)19-26-15-17-30(46)18-16-26)35(47)24-42(2)45(34)38(49)39-21-27-10-4-3-5-11-27/h3-18,32-34,46H,19-24H2,1-2H3,(H,39,49)/t32?,33-,34-/m0/s1. The van der Waals surface area contributed by atoms with Crippen LogP contribution >= 0.6 is 0 Å². The number of carbonyl (C=O) groups excluding carboxylic acids is 3. The molecule has 11 heteroatoms. The fourth-order valence-corrected chi connectivity index (χ4v) is 7.08. The molecule has 4 aromatic carbocycles. The van der Waals surface area contributed by atoms with Crippen molar-refractivity contribution in [3.63, 3.8) is 0 Å². The van der Waals surface area contributed by atoms with Gasteiger partial charge in [0.15, 0.2) is 0 Å². The lowest BCUT2D eigenvalue weighted by atomic mass is 9.94. The fraction of sp³-hybridized carbons (Fsp3) is 0.289. The number of nitrogens with one attached hydrogen (secondary N) is 1. The topological polar surface area (TPSA) is 121 Å². The first-order valence-electron chi connectivity index (χ1n) is 16.5. The van der Waals surface area contributed by atoms with Crippen LogP contribution in [0.1, 0.15) is 39.4 Å². The first kappa shape index (κ1) is 32.0. The van der Waals surface area contributed by atoms with E-state index in [-0.39, 0.29) is 55.7 Å². The van der Waals surface area contributed by atoms with Crippen molar-refractivity contribution in [1.82, 2.24) is 25.1 Å². The molecule has 0 spiro atoms. The first-order chi connectivity index (χ1) is 23.8. The molecule has 0 bridgehead atoms. The molecule has 3 aliphatic rings. The van der Waals surface area contributed by atoms with E-state index in [0.717, 1.165) is 34.4 Å². The zero-order valence-electron chi connectivity index (χ0n) is 27.6. The summed E-state index contributed by atoms with van der Waals surface area (Å²) >= 11 is 0. The van der Waals surface area contributed by atoms with Crippen molar-refractivity contribution in [3.8, 4) is 5.75 Å². The number of fused-ring (bicyclic) bond motifs is 2. The lowest BCUT2D eigenvalue weighted by Gasteiger charge is -2.54. The Kier molecular flexibility index (Phi) is 8.83. The Morgan fingerprint density at radius 2 is 1.61 bits per heavy atom. The zero-order valence-corrected chi connectivity index (χ0v) is 27.6. The Labute approximate surface area is 285 Å². The number of azo groups is 1. The van der Waals surface area contributed by atoms with Gasteiger partial charge in [0.05, 0.1) is 18.8 Å². The fourth-order valence-electron chi connectivity index (χ4n) is 7.08. The maximum absolute atomic E-state index is 14.4. The van der Waals surface area contributed by atoms with Crippen molar-refractivity contribution in [1.29, 1.82) is 0 Å². The molecule has 3 aliphatic heterocycles. The van der Waals surface area contributed by atoms with Crippen LogP contribution in [0.4, 0.5) is 10.5 Å². The number of hydrogen-bond acceptors (Lipinski definition) is 7. The second-order valence-corrected chi connectivity index (χ2v) is 12.9. The van der Waals surface area contributed by atoms with Crippen LogP contribution in [0.5, 0.6) is 5.75 Å². The van der Waals surface area contributed by atoms with E-state index in [4.69, 9.17) is 0 Å². The Hall–Kier alpha value is -5.55. The van der Waals surface area contributed by atoms with E-state index in [2.05, 4.69) is 34.6 Å². The van der Waals surface area contributed by atoms with Crippen LogP contribution in [-0.4, -0.2) is 75.1 Å². The molecule has 0 aliphatic carbocycles. The molecule has 2 fully saturated rings. The maximum Gasteiger partial charge on any atom is 0.334 e. The number of nitrogens with zero attached hydrogens (tertiary/aromatic N) is 6. The molecule has 2 saturated heterocycles. The lowest BCUT2D eigenvalue weighted by Crippen LogP contribution is -2.76. The summed E-state index contributed by atoms with van der Waals surface area (Å²) in [4.78, 5) is 45.2. The van der Waals surface area contributed by atoms with E-state index in [9.17, 15) is 19.5 Å². The Balaban J connectivity index is 1.19. The normalized spacial score (nSPS) is 20.4. The van der Waals surface area contributed by atoms with E-state index in [1.54, 1.807) is 51.1 Å². The van der Waals surface area contributed by atoms with Gasteiger partial charge in [-0.1, -0.05) is 84.9 Å². The van der Waals surface area contributed by atoms with E-state index in [0.29, 0.717) is 6.54 Å². The first-order valence-corrected chi connectivity index (χ1v) is 16.5. The number of likely N-dealkylation sites (N-methyl/N-ethyl adjacent to an activating group) is 1. The number of urea groups is 1. The largest absolute Gasteiger partial charge is 0.508 e. The van der Waals surface area contributed by atoms with Crippen molar-refractivity contribution < 1.29 is 19.5 Å². The highest BCUT2D eigenvalue weighted by atomic mass is 16.3. The van der Waals surface area contributed by atoms with E-state index in [1.165, 1.54) is 11.1 Å². The number of carbonyl (C=O) groups is 3. The molecule has 49 heavy (non-hydrogen) atoms. The summed E-state index contributed by atoms with van der Waals surface area (Å²) in [6.45, 7) is 2.72. The third-order valence-corrected chi connectivity index (χ3v) is 9.64. The third-order valence-electron chi connectivity index (χ3n) is 9.64. The average Bonchev–Trinajstić information content (AvgIpc) is 3.51. The molecule has 0 radical (unpaired) electrons. The van der Waals surface area contributed by atoms with Gasteiger partial charge in [0, 0.05) is 38.5 Å². The Morgan fingerprint density at radius 1 is 0.878 bits per heavy atom. The molecule has 1 unspecified atom stereocenters. The Morgan fingerprint density at radius 3 is 2.39 bits per heavy atom. The summed E-state index contributed by atoms with van der Waals surface area (Å²) in [5.74, 6) is -0.330. The van der Waals surface area contributed by atoms with Gasteiger partial charge in [0.25, 0.3) is 0 Å². The highest BCUT2D eigenvalue weighted by Crippen LogP contribution is 2.41. The SMILES string of the molecule is Cc1ccccc1CC1N=Nc2c(CN3C[C@H]4N(C(=O)CN(C)N4C(=O)NCc4ccccc4)[C@@H](Cc4ccc(O)cc4)C3=O)cccc21. The molecular formula is C38H39N7O4. The average molecular weight is 658 g/mol. The van der Waals surface area contributed by atoms with E-state index >= 15 is 0 Å². The summed E-state index contributed by atoms with van der Waals surface area (Å²) in [6, 6.07) is 29.2. The summed E-state index contributed by atoms with van der Waals surface area (Å²) in [5.41, 5.74) is 6.79. The minimum atomic E-state index is -0.860. The van der Waals surface area contributed by atoms with Gasteiger partial charge in [-0.3, -0.25) is 9.59 Å². The van der Waals surface area contributed by atoms with E-state index in [1.807, 2.05) is 60.7 Å². The van der Waals surface area contributed by atoms with Crippen LogP contribution in [-0.2, 0) is 35.5 Å². The summed E-state index contributed by atoms with van der Waals surface area (Å²) in [5, 5.41) is 25.3. The molecule has 0 aromatic heterocycles. The summed E-state index contributed by atoms with van der Waals surface area (Å²) < 4.78 is 0. The van der Waals surface area contributed by atoms with Crippen molar-refractivity contribution in [2.45, 2.75) is 51.1 Å². The third kappa shape index (κ3) is 6.49. The number of hydrogen-bond donors (Lipinski definition) is 2. The molecular weight excluding hydrogens is 618 g/mol. The highest BCUT2D eigenvalue weighted by molar-refractivity contribution is 5.91. The van der Waals surface area contributed by atoms with Crippen LogP contribution in [0.3, 0.4) is 0 Å². The minimum absolute atomic E-state index is 0.0521. The summed E-state index contributed by atoms with van der Waals surface area (Å²) in [6.07, 6.45) is 0.211. The minimum Gasteiger partial charge on any atom is -0.508 e. The Bertz CT molecular complexity index is 1900. The van der Waals surface area contributed by atoms with Crippen molar-refractivity contribution in [2.75, 3.05) is 20.1 Å². The zero-order chi connectivity index (χ0) is 34.1. The molecule has 11 nitrogen and oxygen atoms in total. The van der Waals surface area contributed by atoms with E-state index < -0.39 is 12.2 Å². The van der Waals surface area contributed by atoms with Gasteiger partial charge in [-0.25, -0.2) is 14.8 Å². The lowest BCUT2D eigenvalue weighted by molar-refractivity contribution is -0.187.